The van der Waals surface area contributed by atoms with Crippen LogP contribution in [0.25, 0.3) is 0 Å². The number of rotatable bonds is 4. The van der Waals surface area contributed by atoms with E-state index < -0.39 is 17.3 Å². The second-order valence-corrected chi connectivity index (χ2v) is 7.21. The number of anilines is 2. The molecule has 0 saturated carbocycles. The molecule has 0 aromatic heterocycles. The molecule has 9 nitrogen and oxygen atoms in total. The Bertz CT molecular complexity index is 818. The average Bonchev–Trinajstić information content (AvgIpc) is 2.61. The minimum absolute atomic E-state index is 0.301. The van der Waals surface area contributed by atoms with Crippen LogP contribution >= 0.6 is 0 Å². The van der Waals surface area contributed by atoms with Gasteiger partial charge in [-0.15, -0.1) is 0 Å². The first kappa shape index (κ1) is 21.0. The number of hydrazone groups is 1. The summed E-state index contributed by atoms with van der Waals surface area (Å²) < 4.78 is 19.1. The SMILES string of the molecule is CC(C)(C)OC(=O)N1CCN(c2ccc(F)cc2N/N=C(\C#N)C(=N)N)CC1. The number of nitriles is 1. The Hall–Kier alpha value is -3.35. The number of halogens is 1. The van der Waals surface area contributed by atoms with Gasteiger partial charge in [0.1, 0.15) is 17.5 Å². The van der Waals surface area contributed by atoms with Crippen molar-refractivity contribution in [3.63, 3.8) is 0 Å². The highest BCUT2D eigenvalue weighted by atomic mass is 19.1. The van der Waals surface area contributed by atoms with E-state index in [4.69, 9.17) is 21.1 Å². The van der Waals surface area contributed by atoms with Gasteiger partial charge < -0.3 is 20.3 Å². The van der Waals surface area contributed by atoms with Crippen LogP contribution in [0.2, 0.25) is 0 Å². The van der Waals surface area contributed by atoms with Crippen molar-refractivity contribution in [2.45, 2.75) is 26.4 Å². The van der Waals surface area contributed by atoms with Crippen LogP contribution in [0.1, 0.15) is 20.8 Å². The van der Waals surface area contributed by atoms with Crippen LogP contribution in [0, 0.1) is 22.6 Å². The lowest BCUT2D eigenvalue weighted by Crippen LogP contribution is -2.50. The van der Waals surface area contributed by atoms with Crippen LogP contribution in [0.15, 0.2) is 23.3 Å². The van der Waals surface area contributed by atoms with Crippen LogP contribution in [-0.4, -0.2) is 54.3 Å². The van der Waals surface area contributed by atoms with E-state index in [0.717, 1.165) is 0 Å². The molecule has 0 bridgehead atoms. The molecule has 0 atom stereocenters. The lowest BCUT2D eigenvalue weighted by molar-refractivity contribution is 0.0240. The summed E-state index contributed by atoms with van der Waals surface area (Å²) >= 11 is 0. The maximum Gasteiger partial charge on any atom is 0.410 e. The Morgan fingerprint density at radius 2 is 2.00 bits per heavy atom. The zero-order valence-corrected chi connectivity index (χ0v) is 16.1. The first-order valence-corrected chi connectivity index (χ1v) is 8.71. The van der Waals surface area contributed by atoms with E-state index in [0.29, 0.717) is 37.6 Å². The average molecular weight is 389 g/mol. The molecule has 0 spiro atoms. The van der Waals surface area contributed by atoms with Crippen LogP contribution in [-0.2, 0) is 4.74 Å². The predicted molar refractivity (Wildman–Crippen MR) is 105 cm³/mol. The number of amidine groups is 1. The Morgan fingerprint density at radius 1 is 1.36 bits per heavy atom. The summed E-state index contributed by atoms with van der Waals surface area (Å²) in [7, 11) is 0. The molecule has 4 N–H and O–H groups in total. The fraction of sp³-hybridized carbons (Fsp3) is 0.444. The number of carbonyl (C=O) groups is 1. The van der Waals surface area contributed by atoms with E-state index in [-0.39, 0.29) is 11.8 Å². The molecule has 0 aliphatic carbocycles. The Morgan fingerprint density at radius 3 is 2.54 bits per heavy atom. The minimum Gasteiger partial charge on any atom is -0.444 e. The summed E-state index contributed by atoms with van der Waals surface area (Å²) in [4.78, 5) is 15.8. The molecule has 0 unspecified atom stereocenters. The number of carbonyl (C=O) groups excluding carboxylic acids is 1. The molecule has 28 heavy (non-hydrogen) atoms. The van der Waals surface area contributed by atoms with Crippen molar-refractivity contribution in [2.75, 3.05) is 36.5 Å². The number of nitrogens with one attached hydrogen (secondary N) is 2. The van der Waals surface area contributed by atoms with E-state index in [9.17, 15) is 9.18 Å². The maximum absolute atomic E-state index is 13.7. The van der Waals surface area contributed by atoms with Crippen LogP contribution in [0.5, 0.6) is 0 Å². The van der Waals surface area contributed by atoms with E-state index in [1.54, 1.807) is 17.0 Å². The molecule has 1 aromatic carbocycles. The monoisotopic (exact) mass is 389 g/mol. The second kappa shape index (κ2) is 8.56. The first-order chi connectivity index (χ1) is 13.1. The number of hydrogen-bond acceptors (Lipinski definition) is 7. The molecule has 1 aromatic rings. The zero-order chi connectivity index (χ0) is 20.9. The van der Waals surface area contributed by atoms with Crippen LogP contribution in [0.4, 0.5) is 20.6 Å². The molecule has 10 heteroatoms. The van der Waals surface area contributed by atoms with Gasteiger partial charge in [-0.1, -0.05) is 0 Å². The fourth-order valence-electron chi connectivity index (χ4n) is 2.59. The van der Waals surface area contributed by atoms with E-state index in [1.807, 2.05) is 25.7 Å². The van der Waals surface area contributed by atoms with E-state index >= 15 is 0 Å². The third-order valence-corrected chi connectivity index (χ3v) is 3.88. The Labute approximate surface area is 163 Å². The summed E-state index contributed by atoms with van der Waals surface area (Å²) in [5.41, 5.74) is 8.01. The number of ether oxygens (including phenoxy) is 1. The standard InChI is InChI=1S/C18H24FN7O2/c1-18(2,3)28-17(27)26-8-6-25(7-9-26)15-5-4-12(19)10-13(15)23-24-14(11-20)16(21)22/h4-5,10,23H,6-9H2,1-3H3,(H3,21,22)/b24-14+. The van der Waals surface area contributed by atoms with Crippen molar-refractivity contribution in [3.05, 3.63) is 24.0 Å². The molecular formula is C18H24FN7O2. The van der Waals surface area contributed by atoms with E-state index in [1.165, 1.54) is 12.1 Å². The van der Waals surface area contributed by atoms with Crippen molar-refractivity contribution >= 4 is 29.0 Å². The van der Waals surface area contributed by atoms with Crippen molar-refractivity contribution in [2.24, 2.45) is 10.8 Å². The first-order valence-electron chi connectivity index (χ1n) is 8.71. The zero-order valence-electron chi connectivity index (χ0n) is 16.1. The minimum atomic E-state index is -0.560. The number of nitrogens with zero attached hydrogens (tertiary/aromatic N) is 4. The topological polar surface area (TPSA) is 131 Å². The number of nitrogens with two attached hydrogens (primary N) is 1. The van der Waals surface area contributed by atoms with Crippen molar-refractivity contribution < 1.29 is 13.9 Å². The smallest absolute Gasteiger partial charge is 0.410 e. The highest BCUT2D eigenvalue weighted by molar-refractivity contribution is 6.45. The molecule has 1 saturated heterocycles. The van der Waals surface area contributed by atoms with Gasteiger partial charge in [0, 0.05) is 32.2 Å². The third-order valence-electron chi connectivity index (χ3n) is 3.88. The fourth-order valence-corrected chi connectivity index (χ4v) is 2.59. The molecule has 0 radical (unpaired) electrons. The van der Waals surface area contributed by atoms with Crippen LogP contribution in [0.3, 0.4) is 0 Å². The highest BCUT2D eigenvalue weighted by Crippen LogP contribution is 2.28. The molecule has 1 fully saturated rings. The molecule has 1 aliphatic rings. The highest BCUT2D eigenvalue weighted by Gasteiger charge is 2.26. The summed E-state index contributed by atoms with van der Waals surface area (Å²) in [5, 5.41) is 20.0. The molecular weight excluding hydrogens is 365 g/mol. The van der Waals surface area contributed by atoms with Gasteiger partial charge in [-0.05, 0) is 32.9 Å². The quantitative estimate of drug-likeness (QED) is 0.411. The van der Waals surface area contributed by atoms with E-state index in [2.05, 4.69) is 10.5 Å². The molecule has 2 rings (SSSR count). The van der Waals surface area contributed by atoms with Gasteiger partial charge >= 0.3 is 6.09 Å². The number of benzene rings is 1. The summed E-state index contributed by atoms with van der Waals surface area (Å²) in [6.07, 6.45) is -0.366. The van der Waals surface area contributed by atoms with Gasteiger partial charge in [-0.2, -0.15) is 10.4 Å². The number of piperazine rings is 1. The Kier molecular flexibility index (Phi) is 6.41. The number of hydrogen-bond donors (Lipinski definition) is 3. The largest absolute Gasteiger partial charge is 0.444 e. The van der Waals surface area contributed by atoms with Gasteiger partial charge in [-0.25, -0.2) is 9.18 Å². The van der Waals surface area contributed by atoms with Crippen molar-refractivity contribution in [1.82, 2.24) is 4.90 Å². The lowest BCUT2D eigenvalue weighted by Gasteiger charge is -2.37. The third kappa shape index (κ3) is 5.57. The summed E-state index contributed by atoms with van der Waals surface area (Å²) in [6.45, 7) is 7.37. The van der Waals surface area contributed by atoms with Crippen molar-refractivity contribution in [1.29, 1.82) is 10.7 Å². The van der Waals surface area contributed by atoms with Gasteiger partial charge in [0.25, 0.3) is 0 Å². The molecule has 150 valence electrons. The van der Waals surface area contributed by atoms with Crippen molar-refractivity contribution in [3.8, 4) is 6.07 Å². The molecule has 1 heterocycles. The van der Waals surface area contributed by atoms with Crippen LogP contribution < -0.4 is 16.1 Å². The van der Waals surface area contributed by atoms with Gasteiger partial charge in [0.2, 0.25) is 5.71 Å². The van der Waals surface area contributed by atoms with Gasteiger partial charge in [0.05, 0.1) is 11.4 Å². The maximum atomic E-state index is 13.7. The predicted octanol–water partition coefficient (Wildman–Crippen LogP) is 2.11. The number of amides is 1. The Balaban J connectivity index is 2.12. The summed E-state index contributed by atoms with van der Waals surface area (Å²) in [5.74, 6) is -0.964. The molecule has 1 amide bonds. The second-order valence-electron chi connectivity index (χ2n) is 7.21. The molecule has 1 aliphatic heterocycles. The normalized spacial score (nSPS) is 15.0. The van der Waals surface area contributed by atoms with Gasteiger partial charge in [0.15, 0.2) is 5.84 Å². The van der Waals surface area contributed by atoms with Gasteiger partial charge in [-0.3, -0.25) is 10.8 Å². The lowest BCUT2D eigenvalue weighted by atomic mass is 10.2. The summed E-state index contributed by atoms with van der Waals surface area (Å²) in [6, 6.07) is 5.85.